The lowest BCUT2D eigenvalue weighted by atomic mass is 10.0. The zero-order valence-electron chi connectivity index (χ0n) is 11.7. The number of halogens is 1. The summed E-state index contributed by atoms with van der Waals surface area (Å²) in [5.41, 5.74) is 1.72. The molecule has 0 bridgehead atoms. The highest BCUT2D eigenvalue weighted by molar-refractivity contribution is 9.10. The van der Waals surface area contributed by atoms with Crippen LogP contribution in [0.1, 0.15) is 26.8 Å². The maximum atomic E-state index is 12.5. The molecule has 2 aromatic carbocycles. The van der Waals surface area contributed by atoms with Gasteiger partial charge >= 0.3 is 0 Å². The van der Waals surface area contributed by atoms with E-state index < -0.39 is 0 Å². The monoisotopic (exact) mass is 371 g/mol. The fourth-order valence-corrected chi connectivity index (χ4v) is 3.47. The molecule has 110 valence electrons. The summed E-state index contributed by atoms with van der Waals surface area (Å²) in [7, 11) is 0. The van der Waals surface area contributed by atoms with Gasteiger partial charge in [-0.05, 0) is 35.2 Å². The van der Waals surface area contributed by atoms with Crippen molar-refractivity contribution < 1.29 is 4.79 Å². The molecule has 3 rings (SSSR count). The molecule has 0 aliphatic carbocycles. The molecule has 1 unspecified atom stereocenters. The van der Waals surface area contributed by atoms with E-state index in [9.17, 15) is 4.79 Å². The number of benzene rings is 2. The van der Waals surface area contributed by atoms with Crippen molar-refractivity contribution in [1.82, 2.24) is 5.32 Å². The van der Waals surface area contributed by atoms with Crippen molar-refractivity contribution in [3.8, 4) is 0 Å². The molecule has 3 aromatic rings. The number of carbonyl (C=O) groups excluding carboxylic acids is 1. The molecule has 0 fully saturated rings. The summed E-state index contributed by atoms with van der Waals surface area (Å²) >= 11 is 5.04. The van der Waals surface area contributed by atoms with E-state index in [1.54, 1.807) is 11.3 Å². The summed E-state index contributed by atoms with van der Waals surface area (Å²) in [6.45, 7) is 0. The Bertz CT molecular complexity index is 756. The van der Waals surface area contributed by atoms with Gasteiger partial charge in [0.05, 0.1) is 6.04 Å². The Balaban J connectivity index is 1.89. The van der Waals surface area contributed by atoms with E-state index in [1.165, 1.54) is 0 Å². The zero-order chi connectivity index (χ0) is 15.4. The Morgan fingerprint density at radius 1 is 1.00 bits per heavy atom. The van der Waals surface area contributed by atoms with Gasteiger partial charge in [-0.3, -0.25) is 4.79 Å². The Morgan fingerprint density at radius 2 is 1.82 bits per heavy atom. The van der Waals surface area contributed by atoms with Crippen LogP contribution in [0.3, 0.4) is 0 Å². The van der Waals surface area contributed by atoms with Crippen molar-refractivity contribution in [1.29, 1.82) is 0 Å². The molecule has 1 amide bonds. The lowest BCUT2D eigenvalue weighted by Crippen LogP contribution is -2.28. The van der Waals surface area contributed by atoms with Gasteiger partial charge in [0.1, 0.15) is 0 Å². The lowest BCUT2D eigenvalue weighted by molar-refractivity contribution is 0.0943. The van der Waals surface area contributed by atoms with Crippen LogP contribution in [0.5, 0.6) is 0 Å². The highest BCUT2D eigenvalue weighted by atomic mass is 79.9. The van der Waals surface area contributed by atoms with Crippen molar-refractivity contribution in [2.45, 2.75) is 6.04 Å². The summed E-state index contributed by atoms with van der Waals surface area (Å²) in [6.07, 6.45) is 0. The fourth-order valence-electron chi connectivity index (χ4n) is 2.26. The van der Waals surface area contributed by atoms with Crippen LogP contribution in [-0.4, -0.2) is 5.91 Å². The quantitative estimate of drug-likeness (QED) is 0.684. The van der Waals surface area contributed by atoms with Crippen LogP contribution >= 0.6 is 27.3 Å². The lowest BCUT2D eigenvalue weighted by Gasteiger charge is -2.18. The van der Waals surface area contributed by atoms with Crippen LogP contribution in [0.4, 0.5) is 0 Å². The minimum Gasteiger partial charge on any atom is -0.340 e. The average Bonchev–Trinajstić information content (AvgIpc) is 3.07. The minimum absolute atomic E-state index is 0.0800. The van der Waals surface area contributed by atoms with Crippen molar-refractivity contribution in [2.24, 2.45) is 0 Å². The largest absolute Gasteiger partial charge is 0.340 e. The molecule has 0 spiro atoms. The first-order valence-electron chi connectivity index (χ1n) is 6.89. The molecule has 0 saturated carbocycles. The van der Waals surface area contributed by atoms with Gasteiger partial charge in [-0.1, -0.05) is 58.4 Å². The molecule has 0 radical (unpaired) electrons. The maximum absolute atomic E-state index is 12.5. The summed E-state index contributed by atoms with van der Waals surface area (Å²) in [5.74, 6) is -0.0800. The van der Waals surface area contributed by atoms with Crippen molar-refractivity contribution in [2.75, 3.05) is 0 Å². The van der Waals surface area contributed by atoms with Crippen LogP contribution in [0.25, 0.3) is 0 Å². The molecule has 1 aromatic heterocycles. The van der Waals surface area contributed by atoms with E-state index in [0.717, 1.165) is 14.9 Å². The third kappa shape index (κ3) is 3.46. The van der Waals surface area contributed by atoms with Crippen LogP contribution < -0.4 is 5.32 Å². The first-order chi connectivity index (χ1) is 10.7. The molecule has 2 nitrogen and oxygen atoms in total. The number of rotatable bonds is 4. The van der Waals surface area contributed by atoms with Crippen molar-refractivity contribution >= 4 is 33.2 Å². The Morgan fingerprint density at radius 3 is 2.50 bits per heavy atom. The van der Waals surface area contributed by atoms with Crippen LogP contribution in [0.15, 0.2) is 76.6 Å². The summed E-state index contributed by atoms with van der Waals surface area (Å²) in [6, 6.07) is 21.3. The molecular formula is C18H14BrNOS. The van der Waals surface area contributed by atoms with Gasteiger partial charge in [0.15, 0.2) is 0 Å². The van der Waals surface area contributed by atoms with E-state index in [0.29, 0.717) is 5.56 Å². The van der Waals surface area contributed by atoms with Gasteiger partial charge in [0.2, 0.25) is 0 Å². The second kappa shape index (κ2) is 6.90. The zero-order valence-corrected chi connectivity index (χ0v) is 14.1. The Kier molecular flexibility index (Phi) is 4.71. The summed E-state index contributed by atoms with van der Waals surface area (Å²) in [4.78, 5) is 13.7. The summed E-state index contributed by atoms with van der Waals surface area (Å²) < 4.78 is 0.896. The Hall–Kier alpha value is -1.91. The van der Waals surface area contributed by atoms with E-state index >= 15 is 0 Å². The van der Waals surface area contributed by atoms with Crippen LogP contribution in [0, 0.1) is 0 Å². The molecule has 1 N–H and O–H groups in total. The smallest absolute Gasteiger partial charge is 0.252 e. The highest BCUT2D eigenvalue weighted by Gasteiger charge is 2.18. The van der Waals surface area contributed by atoms with Crippen molar-refractivity contribution in [3.05, 3.63) is 92.6 Å². The van der Waals surface area contributed by atoms with Gasteiger partial charge in [0.25, 0.3) is 5.91 Å². The molecule has 1 atom stereocenters. The molecule has 0 saturated heterocycles. The predicted molar refractivity (Wildman–Crippen MR) is 94.2 cm³/mol. The average molecular weight is 372 g/mol. The molecular weight excluding hydrogens is 358 g/mol. The van der Waals surface area contributed by atoms with E-state index in [-0.39, 0.29) is 11.9 Å². The first kappa shape index (κ1) is 15.0. The number of thiophene rings is 1. The number of carbonyl (C=O) groups is 1. The number of amides is 1. The van der Waals surface area contributed by atoms with E-state index in [2.05, 4.69) is 21.2 Å². The number of hydrogen-bond donors (Lipinski definition) is 1. The van der Waals surface area contributed by atoms with Crippen molar-refractivity contribution in [3.63, 3.8) is 0 Å². The van der Waals surface area contributed by atoms with Gasteiger partial charge in [0, 0.05) is 14.9 Å². The Labute approximate surface area is 141 Å². The van der Waals surface area contributed by atoms with E-state index in [1.807, 2.05) is 72.1 Å². The second-order valence-corrected chi connectivity index (χ2v) is 6.74. The number of nitrogens with one attached hydrogen (secondary N) is 1. The van der Waals surface area contributed by atoms with Crippen LogP contribution in [-0.2, 0) is 0 Å². The molecule has 1 heterocycles. The first-order valence-corrected chi connectivity index (χ1v) is 8.56. The maximum Gasteiger partial charge on any atom is 0.252 e. The topological polar surface area (TPSA) is 29.1 Å². The minimum atomic E-state index is -0.132. The fraction of sp³-hybridized carbons (Fsp3) is 0.0556. The standard InChI is InChI=1S/C18H14BrNOS/c19-15-9-4-8-14(12-15)18(21)20-17(16-10-5-11-22-16)13-6-2-1-3-7-13/h1-12,17H,(H,20,21). The number of hydrogen-bond acceptors (Lipinski definition) is 2. The van der Waals surface area contributed by atoms with Gasteiger partial charge in [-0.2, -0.15) is 0 Å². The normalized spacial score (nSPS) is 11.9. The van der Waals surface area contributed by atoms with E-state index in [4.69, 9.17) is 0 Å². The molecule has 22 heavy (non-hydrogen) atoms. The van der Waals surface area contributed by atoms with Gasteiger partial charge in [-0.15, -0.1) is 11.3 Å². The predicted octanol–water partition coefficient (Wildman–Crippen LogP) is 5.03. The van der Waals surface area contributed by atoms with Gasteiger partial charge < -0.3 is 5.32 Å². The highest BCUT2D eigenvalue weighted by Crippen LogP contribution is 2.26. The molecule has 0 aliphatic rings. The third-order valence-electron chi connectivity index (χ3n) is 3.32. The molecule has 0 aliphatic heterocycles. The van der Waals surface area contributed by atoms with Crippen LogP contribution in [0.2, 0.25) is 0 Å². The summed E-state index contributed by atoms with van der Waals surface area (Å²) in [5, 5.41) is 5.15. The molecule has 4 heteroatoms. The third-order valence-corrected chi connectivity index (χ3v) is 4.75. The van der Waals surface area contributed by atoms with Gasteiger partial charge in [-0.25, -0.2) is 0 Å². The SMILES string of the molecule is O=C(NC(c1ccccc1)c1cccs1)c1cccc(Br)c1. The second-order valence-electron chi connectivity index (χ2n) is 4.84.